The van der Waals surface area contributed by atoms with Gasteiger partial charge in [0.25, 0.3) is 0 Å². The molecule has 33 heavy (non-hydrogen) atoms. The zero-order valence-corrected chi connectivity index (χ0v) is 18.7. The van der Waals surface area contributed by atoms with E-state index in [-0.39, 0.29) is 12.1 Å². The standard InChI is InChI=1S/C26H26N6O/c1-17(2)29-26(33)30-19-8-6-18(7-9-19)25-23(15-27)22-11-10-21(31-13-12-28-16-31)14-24(22)32(25)20-4-3-5-20/h6-14,16-17,20H,3-5H2,1-2H3,(H2,29,30,33). The van der Waals surface area contributed by atoms with Crippen LogP contribution in [0.25, 0.3) is 27.8 Å². The quantitative estimate of drug-likeness (QED) is 0.424. The first kappa shape index (κ1) is 20.8. The van der Waals surface area contributed by atoms with E-state index >= 15 is 0 Å². The Bertz CT molecular complexity index is 1340. The van der Waals surface area contributed by atoms with Gasteiger partial charge in [-0.3, -0.25) is 0 Å². The van der Waals surface area contributed by atoms with Gasteiger partial charge in [0.15, 0.2) is 0 Å². The first-order chi connectivity index (χ1) is 16.0. The zero-order valence-electron chi connectivity index (χ0n) is 18.7. The molecule has 0 radical (unpaired) electrons. The summed E-state index contributed by atoms with van der Waals surface area (Å²) < 4.78 is 4.32. The van der Waals surface area contributed by atoms with E-state index in [4.69, 9.17) is 0 Å². The van der Waals surface area contributed by atoms with Crippen LogP contribution in [0, 0.1) is 11.3 Å². The molecule has 0 unspecified atom stereocenters. The van der Waals surface area contributed by atoms with Crippen molar-refractivity contribution >= 4 is 22.6 Å². The fourth-order valence-electron chi connectivity index (χ4n) is 4.43. The summed E-state index contributed by atoms with van der Waals surface area (Å²) in [5.41, 5.74) is 5.39. The van der Waals surface area contributed by atoms with E-state index < -0.39 is 0 Å². The van der Waals surface area contributed by atoms with E-state index in [0.29, 0.717) is 17.3 Å². The second-order valence-corrected chi connectivity index (χ2v) is 8.79. The highest BCUT2D eigenvalue weighted by Gasteiger charge is 2.28. The number of nitrogens with zero attached hydrogens (tertiary/aromatic N) is 4. The number of carbonyl (C=O) groups is 1. The molecular weight excluding hydrogens is 412 g/mol. The molecule has 0 bridgehead atoms. The number of carbonyl (C=O) groups excluding carboxylic acids is 1. The van der Waals surface area contributed by atoms with E-state index in [0.717, 1.165) is 40.7 Å². The van der Waals surface area contributed by atoms with E-state index in [1.165, 1.54) is 6.42 Å². The average molecular weight is 439 g/mol. The van der Waals surface area contributed by atoms with Crippen LogP contribution < -0.4 is 10.6 Å². The van der Waals surface area contributed by atoms with Gasteiger partial charge in [0.2, 0.25) is 0 Å². The maximum absolute atomic E-state index is 12.0. The van der Waals surface area contributed by atoms with Crippen molar-refractivity contribution in [2.45, 2.75) is 45.2 Å². The second-order valence-electron chi connectivity index (χ2n) is 8.79. The lowest BCUT2D eigenvalue weighted by Crippen LogP contribution is -2.34. The molecule has 7 nitrogen and oxygen atoms in total. The summed E-state index contributed by atoms with van der Waals surface area (Å²) in [6, 6.07) is 16.6. The Kier molecular flexibility index (Phi) is 5.35. The lowest BCUT2D eigenvalue weighted by molar-refractivity contribution is 0.250. The molecule has 2 heterocycles. The number of urea groups is 1. The molecule has 1 saturated carbocycles. The smallest absolute Gasteiger partial charge is 0.319 e. The van der Waals surface area contributed by atoms with Gasteiger partial charge in [-0.1, -0.05) is 12.1 Å². The molecule has 0 atom stereocenters. The van der Waals surface area contributed by atoms with Crippen LogP contribution in [0.2, 0.25) is 0 Å². The summed E-state index contributed by atoms with van der Waals surface area (Å²) >= 11 is 0. The first-order valence-corrected chi connectivity index (χ1v) is 11.3. The van der Waals surface area contributed by atoms with Gasteiger partial charge in [-0.2, -0.15) is 5.26 Å². The topological polar surface area (TPSA) is 87.7 Å². The van der Waals surface area contributed by atoms with E-state index in [2.05, 4.69) is 32.3 Å². The number of benzene rings is 2. The number of hydrogen-bond acceptors (Lipinski definition) is 3. The maximum Gasteiger partial charge on any atom is 0.319 e. The number of nitrogens with one attached hydrogen (secondary N) is 2. The Hall–Kier alpha value is -4.05. The van der Waals surface area contributed by atoms with Crippen molar-refractivity contribution in [3.63, 3.8) is 0 Å². The molecule has 2 aromatic carbocycles. The third-order valence-electron chi connectivity index (χ3n) is 6.18. The van der Waals surface area contributed by atoms with Gasteiger partial charge in [0, 0.05) is 41.2 Å². The van der Waals surface area contributed by atoms with Crippen molar-refractivity contribution < 1.29 is 4.79 Å². The number of fused-ring (bicyclic) bond motifs is 1. The molecule has 0 spiro atoms. The van der Waals surface area contributed by atoms with Crippen LogP contribution >= 0.6 is 0 Å². The molecule has 2 N–H and O–H groups in total. The van der Waals surface area contributed by atoms with Gasteiger partial charge in [-0.15, -0.1) is 0 Å². The highest BCUT2D eigenvalue weighted by molar-refractivity contribution is 5.96. The van der Waals surface area contributed by atoms with Crippen molar-refractivity contribution in [1.29, 1.82) is 5.26 Å². The molecule has 4 aromatic rings. The molecule has 166 valence electrons. The lowest BCUT2D eigenvalue weighted by Gasteiger charge is -2.30. The normalized spacial score (nSPS) is 13.6. The minimum atomic E-state index is -0.230. The molecule has 5 rings (SSSR count). The molecule has 1 aliphatic rings. The highest BCUT2D eigenvalue weighted by atomic mass is 16.2. The van der Waals surface area contributed by atoms with E-state index in [9.17, 15) is 10.1 Å². The van der Waals surface area contributed by atoms with Gasteiger partial charge < -0.3 is 19.8 Å². The molecule has 0 saturated heterocycles. The van der Waals surface area contributed by atoms with Crippen molar-refractivity contribution in [2.75, 3.05) is 5.32 Å². The fourth-order valence-corrected chi connectivity index (χ4v) is 4.43. The predicted octanol–water partition coefficient (Wildman–Crippen LogP) is 5.62. The highest BCUT2D eigenvalue weighted by Crippen LogP contribution is 2.43. The van der Waals surface area contributed by atoms with Crippen LogP contribution in [0.3, 0.4) is 0 Å². The molecule has 1 fully saturated rings. The predicted molar refractivity (Wildman–Crippen MR) is 129 cm³/mol. The van der Waals surface area contributed by atoms with Gasteiger partial charge >= 0.3 is 6.03 Å². The van der Waals surface area contributed by atoms with Crippen molar-refractivity contribution in [3.8, 4) is 23.0 Å². The number of imidazole rings is 1. The Labute approximate surface area is 192 Å². The molecule has 0 aliphatic heterocycles. The van der Waals surface area contributed by atoms with Gasteiger partial charge in [0.1, 0.15) is 6.07 Å². The summed E-state index contributed by atoms with van der Waals surface area (Å²) in [5.74, 6) is 0. The fraction of sp³-hybridized carbons (Fsp3) is 0.269. The largest absolute Gasteiger partial charge is 0.336 e. The van der Waals surface area contributed by atoms with Crippen LogP contribution in [-0.2, 0) is 0 Å². The summed E-state index contributed by atoms with van der Waals surface area (Å²) in [5, 5.41) is 16.8. The first-order valence-electron chi connectivity index (χ1n) is 11.3. The minimum Gasteiger partial charge on any atom is -0.336 e. The van der Waals surface area contributed by atoms with Crippen LogP contribution in [-0.4, -0.2) is 26.2 Å². The summed E-state index contributed by atoms with van der Waals surface area (Å²) in [4.78, 5) is 16.2. The number of anilines is 1. The van der Waals surface area contributed by atoms with E-state index in [1.54, 1.807) is 12.5 Å². The Morgan fingerprint density at radius 3 is 2.58 bits per heavy atom. The van der Waals surface area contributed by atoms with Crippen LogP contribution in [0.4, 0.5) is 10.5 Å². The molecular formula is C26H26N6O. The van der Waals surface area contributed by atoms with Crippen LogP contribution in [0.1, 0.15) is 44.7 Å². The zero-order chi connectivity index (χ0) is 22.9. The number of nitriles is 1. The van der Waals surface area contributed by atoms with Crippen LogP contribution in [0.15, 0.2) is 61.2 Å². The van der Waals surface area contributed by atoms with E-state index in [1.807, 2.05) is 61.0 Å². The number of hydrogen-bond donors (Lipinski definition) is 2. The SMILES string of the molecule is CC(C)NC(=O)Nc1ccc(-c2c(C#N)c3ccc(-n4ccnc4)cc3n2C2CCC2)cc1. The third-order valence-corrected chi connectivity index (χ3v) is 6.18. The van der Waals surface area contributed by atoms with Crippen molar-refractivity contribution in [1.82, 2.24) is 19.4 Å². The Morgan fingerprint density at radius 1 is 1.18 bits per heavy atom. The average Bonchev–Trinajstić information content (AvgIpc) is 3.39. The van der Waals surface area contributed by atoms with Crippen molar-refractivity contribution in [2.24, 2.45) is 0 Å². The Balaban J connectivity index is 1.60. The molecule has 1 aliphatic carbocycles. The van der Waals surface area contributed by atoms with Gasteiger partial charge in [0.05, 0.1) is 23.1 Å². The lowest BCUT2D eigenvalue weighted by atomic mass is 9.92. The van der Waals surface area contributed by atoms with Gasteiger partial charge in [-0.25, -0.2) is 9.78 Å². The van der Waals surface area contributed by atoms with Crippen LogP contribution in [0.5, 0.6) is 0 Å². The van der Waals surface area contributed by atoms with Gasteiger partial charge in [-0.05, 0) is 69.0 Å². The molecule has 7 heteroatoms. The summed E-state index contributed by atoms with van der Waals surface area (Å²) in [6.07, 6.45) is 8.87. The minimum absolute atomic E-state index is 0.0628. The summed E-state index contributed by atoms with van der Waals surface area (Å²) in [7, 11) is 0. The Morgan fingerprint density at radius 2 is 1.97 bits per heavy atom. The third kappa shape index (κ3) is 3.85. The maximum atomic E-state index is 12.0. The number of rotatable bonds is 5. The summed E-state index contributed by atoms with van der Waals surface area (Å²) in [6.45, 7) is 3.84. The number of amides is 2. The monoisotopic (exact) mass is 438 g/mol. The number of aromatic nitrogens is 3. The molecule has 2 aromatic heterocycles. The second kappa shape index (κ2) is 8.47. The van der Waals surface area contributed by atoms with Crippen molar-refractivity contribution in [3.05, 3.63) is 66.7 Å². The molecule has 2 amide bonds.